The Morgan fingerprint density at radius 2 is 0.909 bits per heavy atom. The summed E-state index contributed by atoms with van der Waals surface area (Å²) in [4.78, 5) is 32.5. The smallest absolute Gasteiger partial charge is 0 e. The average molecular weight is 168 g/mol. The summed E-state index contributed by atoms with van der Waals surface area (Å²) in [6.07, 6.45) is 0.500. The molecule has 0 heterocycles. The molecule has 0 aromatic rings. The van der Waals surface area contributed by atoms with Gasteiger partial charge in [-0.2, -0.15) is 19.2 Å². The van der Waals surface area contributed by atoms with Gasteiger partial charge in [0.05, 0.1) is 0 Å². The van der Waals surface area contributed by atoms with Crippen LogP contribution >= 0.6 is 0 Å². The van der Waals surface area contributed by atoms with Crippen molar-refractivity contribution in [2.45, 2.75) is 14.9 Å². The summed E-state index contributed by atoms with van der Waals surface area (Å²) in [7, 11) is 0. The van der Waals surface area contributed by atoms with Crippen molar-refractivity contribution in [2.75, 3.05) is 0 Å². The van der Waals surface area contributed by atoms with Crippen molar-refractivity contribution >= 4 is 12.3 Å². The molecule has 0 aliphatic rings. The second kappa shape index (κ2) is 2230. The molecule has 0 spiro atoms. The van der Waals surface area contributed by atoms with Gasteiger partial charge < -0.3 is 5.48 Å². The monoisotopic (exact) mass is 168 g/mol. The van der Waals surface area contributed by atoms with Crippen LogP contribution in [0.1, 0.15) is 16.3 Å². The normalized spacial score (nSPS) is 1.64. The Kier molecular flexibility index (Phi) is 11400. The van der Waals surface area contributed by atoms with E-state index in [-0.39, 0.29) is 34.1 Å². The second-order valence-electron chi connectivity index (χ2n) is 0.167. The van der Waals surface area contributed by atoms with Gasteiger partial charge in [-0.3, -0.25) is 0 Å². The predicted molar refractivity (Wildman–Crippen MR) is 33.1 cm³/mol. The number of rotatable bonds is 0. The molecule has 11 heavy (non-hydrogen) atoms. The van der Waals surface area contributed by atoms with Crippen LogP contribution in [-0.2, 0) is 23.8 Å². The van der Waals surface area contributed by atoms with E-state index in [0.717, 1.165) is 0 Å². The van der Waals surface area contributed by atoms with Crippen LogP contribution in [0.15, 0.2) is 0 Å². The zero-order valence-corrected chi connectivity index (χ0v) is 4.04. The minimum Gasteiger partial charge on any atom is 0 e. The van der Waals surface area contributed by atoms with E-state index in [0.29, 0.717) is 0 Å². The quantitative estimate of drug-likeness (QED) is 0.357. The van der Waals surface area contributed by atoms with Crippen molar-refractivity contribution in [3.63, 3.8) is 0 Å². The third-order valence-electron chi connectivity index (χ3n) is 0. The van der Waals surface area contributed by atoms with Crippen LogP contribution in [0.2, 0.25) is 0 Å². The number of hydrogen-bond acceptors (Lipinski definition) is 4. The van der Waals surface area contributed by atoms with E-state index in [9.17, 15) is 0 Å². The van der Waals surface area contributed by atoms with Gasteiger partial charge in [-0.05, 0) is 0 Å². The fourth-order valence-corrected chi connectivity index (χ4v) is 0. The molecule has 0 rings (SSSR count). The van der Waals surface area contributed by atoms with E-state index >= 15 is 0 Å². The fourth-order valence-electron chi connectivity index (χ4n) is 0. The van der Waals surface area contributed by atoms with E-state index in [1.807, 2.05) is 0 Å². The molecule has 6 heteroatoms. The third kappa shape index (κ3) is 149. The zero-order chi connectivity index (χ0) is 7.41. The van der Waals surface area contributed by atoms with Gasteiger partial charge in [0.2, 0.25) is 0 Å². The minimum atomic E-state index is 0. The van der Waals surface area contributed by atoms with Gasteiger partial charge in [-0.15, -0.1) is 0 Å². The van der Waals surface area contributed by atoms with E-state index in [1.165, 1.54) is 0 Å². The first-order chi connectivity index (χ1) is 3.83. The Labute approximate surface area is 65.7 Å². The summed E-state index contributed by atoms with van der Waals surface area (Å²) in [5, 5.41) is 0. The maximum atomic E-state index is 8.12. The van der Waals surface area contributed by atoms with Gasteiger partial charge in [0, 0.05) is 1.43 Å². The molecule has 0 saturated heterocycles. The van der Waals surface area contributed by atoms with Gasteiger partial charge in [-0.1, -0.05) is 14.9 Å². The Hall–Kier alpha value is -1.54. The van der Waals surface area contributed by atoms with Gasteiger partial charge in [0.25, 0.3) is 0 Å². The first-order valence-corrected chi connectivity index (χ1v) is 1.02. The molecule has 2 N–H and O–H groups in total. The standard InChI is InChI=1S/2CO2.CO.2CH4.H2O.H2/c2*2-1-3;1-2;;;;/h;;;2*1H4;1H2;1H. The van der Waals surface area contributed by atoms with Gasteiger partial charge >= 0.3 is 23.6 Å². The molecule has 6 nitrogen and oxygen atoms in total. The van der Waals surface area contributed by atoms with E-state index in [2.05, 4.69) is 6.65 Å². The summed E-state index contributed by atoms with van der Waals surface area (Å²) >= 11 is 0. The zero-order valence-electron chi connectivity index (χ0n) is 4.04. The van der Waals surface area contributed by atoms with Gasteiger partial charge in [0.1, 0.15) is 0 Å². The Morgan fingerprint density at radius 3 is 0.909 bits per heavy atom. The van der Waals surface area contributed by atoms with Crippen molar-refractivity contribution in [3.8, 4) is 0 Å². The molecular formula is C5H12O6. The maximum Gasteiger partial charge on any atom is 0 e. The summed E-state index contributed by atoms with van der Waals surface area (Å²) in [5.41, 5.74) is 0. The topological polar surface area (TPSA) is 120 Å². The summed E-state index contributed by atoms with van der Waals surface area (Å²) in [6.45, 7) is 4.50. The van der Waals surface area contributed by atoms with Crippen LogP contribution in [0.3, 0.4) is 0 Å². The summed E-state index contributed by atoms with van der Waals surface area (Å²) in [5.74, 6) is 0. The van der Waals surface area contributed by atoms with E-state index in [1.54, 1.807) is 0 Å². The molecule has 0 aliphatic heterocycles. The van der Waals surface area contributed by atoms with Gasteiger partial charge in [0.15, 0.2) is 0 Å². The van der Waals surface area contributed by atoms with Crippen molar-refractivity contribution in [1.29, 1.82) is 0 Å². The van der Waals surface area contributed by atoms with Crippen molar-refractivity contribution in [1.82, 2.24) is 0 Å². The minimum absolute atomic E-state index is 0. The van der Waals surface area contributed by atoms with Crippen LogP contribution in [0.25, 0.3) is 0 Å². The summed E-state index contributed by atoms with van der Waals surface area (Å²) in [6, 6.07) is 0. The molecule has 0 atom stereocenters. The van der Waals surface area contributed by atoms with Gasteiger partial charge in [-0.25, -0.2) is 0 Å². The number of hydrogen-bond donors (Lipinski definition) is 0. The molecule has 0 aromatic carbocycles. The predicted octanol–water partition coefficient (Wildman–Crippen LogP) is -0.511. The van der Waals surface area contributed by atoms with Crippen LogP contribution in [0.5, 0.6) is 0 Å². The number of carbonyl (C=O) groups excluding carboxylic acids is 4. The molecule has 0 aliphatic carbocycles. The first-order valence-electron chi connectivity index (χ1n) is 1.02. The summed E-state index contributed by atoms with van der Waals surface area (Å²) < 4.78 is 7.50. The van der Waals surface area contributed by atoms with Crippen molar-refractivity contribution < 1.29 is 30.7 Å². The second-order valence-corrected chi connectivity index (χ2v) is 0.167. The SMILES string of the molecule is C.C.O.O=C=O.O=C=O.[C-]#[O+].[HH]. The Morgan fingerprint density at radius 1 is 0.909 bits per heavy atom. The molecule has 0 radical (unpaired) electrons. The van der Waals surface area contributed by atoms with Crippen LogP contribution in [0, 0.1) is 6.65 Å². The largest absolute Gasteiger partial charge is 0 e. The molecule has 0 aromatic heterocycles. The van der Waals surface area contributed by atoms with Crippen LogP contribution < -0.4 is 0 Å². The van der Waals surface area contributed by atoms with Crippen LogP contribution in [-0.4, -0.2) is 17.8 Å². The molecule has 0 bridgehead atoms. The molecular weight excluding hydrogens is 156 g/mol. The first kappa shape index (κ1) is 56.6. The maximum absolute atomic E-state index is 8.12. The van der Waals surface area contributed by atoms with Crippen LogP contribution in [0.4, 0.5) is 0 Å². The molecule has 0 amide bonds. The Balaban J connectivity index is -0.00000000544. The molecule has 0 unspecified atom stereocenters. The average Bonchev–Trinajstić information content (AvgIpc) is 1.75. The van der Waals surface area contributed by atoms with Crippen molar-refractivity contribution in [2.24, 2.45) is 0 Å². The molecule has 0 saturated carbocycles. The molecule has 68 valence electrons. The molecule has 0 fully saturated rings. The van der Waals surface area contributed by atoms with E-state index < -0.39 is 0 Å². The van der Waals surface area contributed by atoms with E-state index in [4.69, 9.17) is 23.8 Å². The van der Waals surface area contributed by atoms with Crippen molar-refractivity contribution in [3.05, 3.63) is 6.65 Å². The Bertz CT molecular complexity index is 96.4. The third-order valence-corrected chi connectivity index (χ3v) is 0. The fraction of sp³-hybridized carbons (Fsp3) is 0.400.